The van der Waals surface area contributed by atoms with Gasteiger partial charge in [-0.1, -0.05) is 27.3 Å². The van der Waals surface area contributed by atoms with Crippen molar-refractivity contribution in [3.8, 4) is 0 Å². The molecule has 0 spiro atoms. The average molecular weight is 353 g/mol. The highest BCUT2D eigenvalue weighted by Crippen LogP contribution is 2.28. The summed E-state index contributed by atoms with van der Waals surface area (Å²) in [6.45, 7) is 0.511. The molecule has 0 amide bonds. The first-order valence-corrected chi connectivity index (χ1v) is 7.42. The number of nitrogens with zero attached hydrogens (tertiary/aromatic N) is 1. The summed E-state index contributed by atoms with van der Waals surface area (Å²) in [7, 11) is 0. The molecule has 1 aromatic carbocycles. The van der Waals surface area contributed by atoms with E-state index in [9.17, 15) is 13.2 Å². The Bertz CT molecular complexity index is 553. The van der Waals surface area contributed by atoms with Gasteiger partial charge in [-0.25, -0.2) is 4.98 Å². The Morgan fingerprint density at radius 2 is 2.05 bits per heavy atom. The molecule has 0 aliphatic carbocycles. The van der Waals surface area contributed by atoms with Crippen molar-refractivity contribution >= 4 is 42.6 Å². The van der Waals surface area contributed by atoms with Crippen LogP contribution in [0, 0.1) is 0 Å². The topological polar surface area (TPSA) is 24.9 Å². The van der Waals surface area contributed by atoms with Crippen LogP contribution in [0.15, 0.2) is 22.7 Å². The predicted octanol–water partition coefficient (Wildman–Crippen LogP) is 5.20. The van der Waals surface area contributed by atoms with E-state index >= 15 is 0 Å². The maximum Gasteiger partial charge on any atom is 0.389 e. The maximum atomic E-state index is 11.9. The molecule has 0 saturated carbocycles. The number of hydrogen-bond donors (Lipinski definition) is 1. The van der Waals surface area contributed by atoms with Gasteiger partial charge in [-0.05, 0) is 31.0 Å². The molecular formula is C12H12BrF3N2S. The van der Waals surface area contributed by atoms with Crippen LogP contribution in [0.25, 0.3) is 10.2 Å². The van der Waals surface area contributed by atoms with Gasteiger partial charge in [0, 0.05) is 17.4 Å². The number of halogens is 4. The SMILES string of the molecule is FC(F)(F)CCCCNc1nc2ccc(Br)cc2s1. The fourth-order valence-electron chi connectivity index (χ4n) is 1.62. The Balaban J connectivity index is 1.82. The van der Waals surface area contributed by atoms with Crippen LogP contribution in [0.1, 0.15) is 19.3 Å². The van der Waals surface area contributed by atoms with Crippen molar-refractivity contribution in [3.63, 3.8) is 0 Å². The fourth-order valence-corrected chi connectivity index (χ4v) is 3.06. The summed E-state index contributed by atoms with van der Waals surface area (Å²) < 4.78 is 37.9. The summed E-state index contributed by atoms with van der Waals surface area (Å²) in [5, 5.41) is 3.81. The number of nitrogens with one attached hydrogen (secondary N) is 1. The molecule has 1 N–H and O–H groups in total. The molecule has 0 bridgehead atoms. The van der Waals surface area contributed by atoms with Crippen molar-refractivity contribution < 1.29 is 13.2 Å². The summed E-state index contributed by atoms with van der Waals surface area (Å²) in [5.74, 6) is 0. The summed E-state index contributed by atoms with van der Waals surface area (Å²) in [5.41, 5.74) is 0.894. The first kappa shape index (κ1) is 14.6. The van der Waals surface area contributed by atoms with E-state index in [1.807, 2.05) is 18.2 Å². The van der Waals surface area contributed by atoms with E-state index < -0.39 is 12.6 Å². The molecule has 1 aromatic heterocycles. The van der Waals surface area contributed by atoms with Gasteiger partial charge in [0.05, 0.1) is 10.2 Å². The predicted molar refractivity (Wildman–Crippen MR) is 75.7 cm³/mol. The normalized spacial score (nSPS) is 12.0. The number of rotatable bonds is 5. The third-order valence-corrected chi connectivity index (χ3v) is 3.98. The van der Waals surface area contributed by atoms with E-state index in [2.05, 4.69) is 26.2 Å². The number of benzene rings is 1. The third kappa shape index (κ3) is 4.65. The molecule has 7 heteroatoms. The lowest BCUT2D eigenvalue weighted by atomic mass is 10.2. The Labute approximate surface area is 121 Å². The minimum absolute atomic E-state index is 0.146. The maximum absolute atomic E-state index is 11.9. The van der Waals surface area contributed by atoms with Gasteiger partial charge in [-0.2, -0.15) is 13.2 Å². The average Bonchev–Trinajstić information content (AvgIpc) is 2.68. The van der Waals surface area contributed by atoms with E-state index in [1.165, 1.54) is 11.3 Å². The van der Waals surface area contributed by atoms with E-state index in [0.717, 1.165) is 19.8 Å². The minimum atomic E-state index is -4.05. The lowest BCUT2D eigenvalue weighted by Crippen LogP contribution is -2.08. The van der Waals surface area contributed by atoms with Crippen LogP contribution in [0.2, 0.25) is 0 Å². The van der Waals surface area contributed by atoms with Gasteiger partial charge in [0.1, 0.15) is 0 Å². The minimum Gasteiger partial charge on any atom is -0.361 e. The molecule has 0 saturated heterocycles. The van der Waals surface area contributed by atoms with Crippen LogP contribution >= 0.6 is 27.3 Å². The summed E-state index contributed by atoms with van der Waals surface area (Å²) >= 11 is 4.89. The standard InChI is InChI=1S/C12H12BrF3N2S/c13-8-3-4-9-10(7-8)19-11(18-9)17-6-2-1-5-12(14,15)16/h3-4,7H,1-2,5-6H2,(H,17,18). The van der Waals surface area contributed by atoms with E-state index in [4.69, 9.17) is 0 Å². The van der Waals surface area contributed by atoms with Crippen molar-refractivity contribution in [3.05, 3.63) is 22.7 Å². The van der Waals surface area contributed by atoms with Crippen molar-refractivity contribution in [2.75, 3.05) is 11.9 Å². The molecule has 0 atom stereocenters. The molecule has 0 fully saturated rings. The third-order valence-electron chi connectivity index (χ3n) is 2.51. The highest BCUT2D eigenvalue weighted by atomic mass is 79.9. The molecule has 0 unspecified atom stereocenters. The molecule has 1 heterocycles. The smallest absolute Gasteiger partial charge is 0.361 e. The summed E-state index contributed by atoms with van der Waals surface area (Å²) in [6, 6.07) is 5.79. The first-order valence-electron chi connectivity index (χ1n) is 5.81. The first-order chi connectivity index (χ1) is 8.94. The number of thiazole rings is 1. The molecular weight excluding hydrogens is 341 g/mol. The highest BCUT2D eigenvalue weighted by Gasteiger charge is 2.25. The van der Waals surface area contributed by atoms with Crippen LogP contribution in [-0.4, -0.2) is 17.7 Å². The number of hydrogen-bond acceptors (Lipinski definition) is 3. The molecule has 2 aromatic rings. The zero-order valence-corrected chi connectivity index (χ0v) is 12.3. The number of unbranched alkanes of at least 4 members (excludes halogenated alkanes) is 1. The lowest BCUT2D eigenvalue weighted by Gasteiger charge is -2.05. The molecule has 0 radical (unpaired) electrons. The largest absolute Gasteiger partial charge is 0.389 e. The van der Waals surface area contributed by atoms with Crippen molar-refractivity contribution in [1.82, 2.24) is 4.98 Å². The van der Waals surface area contributed by atoms with Crippen molar-refractivity contribution in [2.45, 2.75) is 25.4 Å². The zero-order valence-electron chi connectivity index (χ0n) is 9.93. The zero-order chi connectivity index (χ0) is 13.9. The van der Waals surface area contributed by atoms with Gasteiger partial charge in [-0.15, -0.1) is 0 Å². The quantitative estimate of drug-likeness (QED) is 0.747. The lowest BCUT2D eigenvalue weighted by molar-refractivity contribution is -0.135. The van der Waals surface area contributed by atoms with Gasteiger partial charge in [0.25, 0.3) is 0 Å². The second kappa shape index (κ2) is 6.09. The van der Waals surface area contributed by atoms with Gasteiger partial charge < -0.3 is 5.32 Å². The van der Waals surface area contributed by atoms with Gasteiger partial charge in [0.15, 0.2) is 5.13 Å². The second-order valence-corrected chi connectivity index (χ2v) is 6.08. The van der Waals surface area contributed by atoms with E-state index in [-0.39, 0.29) is 6.42 Å². The van der Waals surface area contributed by atoms with Gasteiger partial charge >= 0.3 is 6.18 Å². The van der Waals surface area contributed by atoms with Crippen molar-refractivity contribution in [2.24, 2.45) is 0 Å². The van der Waals surface area contributed by atoms with Crippen LogP contribution < -0.4 is 5.32 Å². The number of alkyl halides is 3. The van der Waals surface area contributed by atoms with E-state index in [1.54, 1.807) is 0 Å². The molecule has 0 aliphatic heterocycles. The molecule has 104 valence electrons. The second-order valence-electron chi connectivity index (χ2n) is 4.13. The van der Waals surface area contributed by atoms with Crippen LogP contribution in [0.3, 0.4) is 0 Å². The molecule has 2 rings (SSSR count). The highest BCUT2D eigenvalue weighted by molar-refractivity contribution is 9.10. The molecule has 0 aliphatic rings. The van der Waals surface area contributed by atoms with E-state index in [0.29, 0.717) is 13.0 Å². The van der Waals surface area contributed by atoms with Crippen LogP contribution in [0.5, 0.6) is 0 Å². The van der Waals surface area contributed by atoms with Crippen molar-refractivity contribution in [1.29, 1.82) is 0 Å². The Kier molecular flexibility index (Phi) is 4.67. The fraction of sp³-hybridized carbons (Fsp3) is 0.417. The Morgan fingerprint density at radius 1 is 1.26 bits per heavy atom. The monoisotopic (exact) mass is 352 g/mol. The number of aromatic nitrogens is 1. The Morgan fingerprint density at radius 3 is 2.79 bits per heavy atom. The van der Waals surface area contributed by atoms with Crippen LogP contribution in [0.4, 0.5) is 18.3 Å². The van der Waals surface area contributed by atoms with Crippen LogP contribution in [-0.2, 0) is 0 Å². The molecule has 2 nitrogen and oxygen atoms in total. The number of fused-ring (bicyclic) bond motifs is 1. The van der Waals surface area contributed by atoms with Gasteiger partial charge in [0.2, 0.25) is 0 Å². The summed E-state index contributed by atoms with van der Waals surface area (Å²) in [6.07, 6.45) is -4.14. The summed E-state index contributed by atoms with van der Waals surface area (Å²) in [4.78, 5) is 4.36. The molecule has 19 heavy (non-hydrogen) atoms. The van der Waals surface area contributed by atoms with Gasteiger partial charge in [-0.3, -0.25) is 0 Å². The Hall–Kier alpha value is -0.820. The number of anilines is 1.